The van der Waals surface area contributed by atoms with E-state index in [0.717, 1.165) is 158 Å². The molecule has 0 saturated heterocycles. The minimum Gasteiger partial charge on any atom is -0.452 e. The second kappa shape index (κ2) is 27.8. The maximum Gasteiger partial charge on any atom is 0.180 e. The van der Waals surface area contributed by atoms with Gasteiger partial charge in [-0.1, -0.05) is 267 Å². The molecule has 14 heteroatoms. The van der Waals surface area contributed by atoms with Gasteiger partial charge in [-0.15, -0.1) is 22.7 Å². The molecule has 8 heterocycles. The number of rotatable bonds is 12. The van der Waals surface area contributed by atoms with E-state index in [9.17, 15) is 0 Å². The van der Waals surface area contributed by atoms with Gasteiger partial charge < -0.3 is 8.83 Å². The molecule has 0 atom stereocenters. The zero-order valence-electron chi connectivity index (χ0n) is 59.6. The van der Waals surface area contributed by atoms with Crippen molar-refractivity contribution >= 4 is 107 Å². The average molecular weight is 1470 g/mol. The molecule has 0 aliphatic carbocycles. The van der Waals surface area contributed by atoms with Gasteiger partial charge in [0.15, 0.2) is 57.8 Å². The molecule has 22 aromatic rings. The molecular formula is C98H58N10O2S2. The summed E-state index contributed by atoms with van der Waals surface area (Å²) in [6, 6.07) is 120. The van der Waals surface area contributed by atoms with Gasteiger partial charge in [0.1, 0.15) is 33.6 Å². The third-order valence-corrected chi connectivity index (χ3v) is 22.6. The summed E-state index contributed by atoms with van der Waals surface area (Å²) < 4.78 is 17.6. The topological polar surface area (TPSA) is 155 Å². The van der Waals surface area contributed by atoms with E-state index in [-0.39, 0.29) is 0 Å². The Morgan fingerprint density at radius 3 is 1.02 bits per heavy atom. The highest BCUT2D eigenvalue weighted by Gasteiger charge is 2.25. The highest BCUT2D eigenvalue weighted by atomic mass is 32.1. The summed E-state index contributed by atoms with van der Waals surface area (Å²) in [6.07, 6.45) is 0. The van der Waals surface area contributed by atoms with Gasteiger partial charge in [-0.25, -0.2) is 49.8 Å². The summed E-state index contributed by atoms with van der Waals surface area (Å²) in [4.78, 5) is 50.8. The van der Waals surface area contributed by atoms with Crippen molar-refractivity contribution in [1.82, 2.24) is 49.8 Å². The van der Waals surface area contributed by atoms with Crippen LogP contribution in [0.4, 0.5) is 0 Å². The van der Waals surface area contributed by atoms with E-state index in [2.05, 4.69) is 182 Å². The first-order valence-corrected chi connectivity index (χ1v) is 38.5. The van der Waals surface area contributed by atoms with Crippen LogP contribution < -0.4 is 0 Å². The van der Waals surface area contributed by atoms with Gasteiger partial charge in [0, 0.05) is 107 Å². The van der Waals surface area contributed by atoms with E-state index < -0.39 is 0 Å². The maximum absolute atomic E-state index is 6.56. The number of furan rings is 2. The molecule has 0 bridgehead atoms. The largest absolute Gasteiger partial charge is 0.452 e. The van der Waals surface area contributed by atoms with E-state index in [1.54, 1.807) is 22.7 Å². The Hall–Kier alpha value is -14.7. The molecule has 0 aliphatic rings. The Morgan fingerprint density at radius 1 is 0.188 bits per heavy atom. The highest BCUT2D eigenvalue weighted by molar-refractivity contribution is 7.26. The smallest absolute Gasteiger partial charge is 0.180 e. The number of benzene rings is 14. The molecule has 0 radical (unpaired) electrons. The average Bonchev–Trinajstić information content (AvgIpc) is 1.58. The maximum atomic E-state index is 6.56. The summed E-state index contributed by atoms with van der Waals surface area (Å²) in [5.74, 6) is 5.04. The van der Waals surface area contributed by atoms with Gasteiger partial charge in [0.25, 0.3) is 0 Å². The fraction of sp³-hybridized carbons (Fsp3) is 0. The number of para-hydroxylation sites is 2. The molecule has 0 aliphatic heterocycles. The predicted molar refractivity (Wildman–Crippen MR) is 456 cm³/mol. The minimum absolute atomic E-state index is 0.603. The molecule has 14 aromatic carbocycles. The van der Waals surface area contributed by atoms with E-state index in [1.165, 1.54) is 4.70 Å². The first kappa shape index (κ1) is 65.6. The zero-order chi connectivity index (χ0) is 74.0. The van der Waals surface area contributed by atoms with Crippen molar-refractivity contribution in [1.29, 1.82) is 0 Å². The van der Waals surface area contributed by atoms with Gasteiger partial charge >= 0.3 is 0 Å². The standard InChI is InChI=1S/2C49H29N5OS/c1-4-14-30(15-5-1)33-20-12-21-34(28-33)48-52-47(32-18-8-3-9-19-32)53-49(54-48)35-26-27-40-38(29-35)42-37(23-13-25-41(42)56-40)44-45-43(36-22-10-11-24-39(36)55-45)50-46(51-44)31-16-6-2-7-17-31;1-4-13-30(14-5-1)33-19-12-20-35(27-33)48-52-47(32-17-8-3-9-18-32)53-49(54-48)36-24-26-41-39(28-36)37-25-23-34(29-42(37)56-41)43-45-44(38-21-10-11-22-40(38)55-45)51-46(50-43)31-15-6-2-7-16-31/h2*1-29H. The molecule has 12 nitrogen and oxygen atoms in total. The lowest BCUT2D eigenvalue weighted by atomic mass is 10.0. The predicted octanol–water partition coefficient (Wildman–Crippen LogP) is 25.9. The van der Waals surface area contributed by atoms with Gasteiger partial charge in [0.05, 0.1) is 0 Å². The Morgan fingerprint density at radius 2 is 0.536 bits per heavy atom. The van der Waals surface area contributed by atoms with Crippen molar-refractivity contribution in [2.75, 3.05) is 0 Å². The first-order valence-electron chi connectivity index (χ1n) is 36.8. The van der Waals surface area contributed by atoms with Crippen LogP contribution in [-0.4, -0.2) is 49.8 Å². The van der Waals surface area contributed by atoms with Crippen molar-refractivity contribution < 1.29 is 8.83 Å². The number of hydrogen-bond donors (Lipinski definition) is 0. The van der Waals surface area contributed by atoms with Crippen LogP contribution in [0.25, 0.3) is 220 Å². The third kappa shape index (κ3) is 12.1. The Labute approximate surface area is 649 Å². The van der Waals surface area contributed by atoms with Crippen LogP contribution in [-0.2, 0) is 0 Å². The molecule has 0 saturated carbocycles. The number of aromatic nitrogens is 10. The quantitative estimate of drug-likeness (QED) is 0.114. The Bertz CT molecular complexity index is 7380. The monoisotopic (exact) mass is 1470 g/mol. The van der Waals surface area contributed by atoms with Crippen molar-refractivity contribution in [3.63, 3.8) is 0 Å². The highest BCUT2D eigenvalue weighted by Crippen LogP contribution is 2.46. The molecule has 524 valence electrons. The molecular weight excluding hydrogens is 1410 g/mol. The van der Waals surface area contributed by atoms with Crippen LogP contribution in [0, 0.1) is 0 Å². The lowest BCUT2D eigenvalue weighted by molar-refractivity contribution is 0.667. The SMILES string of the molecule is c1ccc(-c2cccc(-c3nc(-c4ccccc4)nc(-c4ccc5sc6cc(-c7nc(-c8ccccc8)nc8c7oc7ccccc78)ccc6c5c4)n3)c2)cc1.c1ccc(-c2cccc(-c3nc(-c4ccccc4)nc(-c4ccc5sc6cccc(-c7nc(-c8ccccc8)nc8c7oc7ccccc78)c6c5c4)n3)c2)cc1. The number of nitrogens with zero attached hydrogens (tertiary/aromatic N) is 10. The molecule has 22 rings (SSSR count). The molecule has 112 heavy (non-hydrogen) atoms. The molecule has 0 fully saturated rings. The number of fused-ring (bicyclic) bond motifs is 12. The second-order valence-corrected chi connectivity index (χ2v) is 29.5. The molecule has 8 aromatic heterocycles. The first-order chi connectivity index (χ1) is 55.4. The summed E-state index contributed by atoms with van der Waals surface area (Å²) in [7, 11) is 0. The van der Waals surface area contributed by atoms with Crippen molar-refractivity contribution in [3.8, 4) is 136 Å². The van der Waals surface area contributed by atoms with Crippen LogP contribution in [0.2, 0.25) is 0 Å². The van der Waals surface area contributed by atoms with Gasteiger partial charge in [-0.3, -0.25) is 0 Å². The van der Waals surface area contributed by atoms with E-state index in [0.29, 0.717) is 57.8 Å². The normalized spacial score (nSPS) is 11.6. The van der Waals surface area contributed by atoms with Crippen molar-refractivity contribution in [3.05, 3.63) is 352 Å². The molecule has 0 unspecified atom stereocenters. The van der Waals surface area contributed by atoms with E-state index in [4.69, 9.17) is 58.7 Å². The van der Waals surface area contributed by atoms with Crippen LogP contribution in [0.5, 0.6) is 0 Å². The number of hydrogen-bond acceptors (Lipinski definition) is 14. The second-order valence-electron chi connectivity index (χ2n) is 27.3. The summed E-state index contributed by atoms with van der Waals surface area (Å²) in [5, 5.41) is 6.42. The van der Waals surface area contributed by atoms with Gasteiger partial charge in [-0.2, -0.15) is 0 Å². The summed E-state index contributed by atoms with van der Waals surface area (Å²) in [6.45, 7) is 0. The van der Waals surface area contributed by atoms with E-state index >= 15 is 0 Å². The molecule has 0 spiro atoms. The van der Waals surface area contributed by atoms with E-state index in [1.807, 2.05) is 170 Å². The van der Waals surface area contributed by atoms with Gasteiger partial charge in [0.2, 0.25) is 0 Å². The summed E-state index contributed by atoms with van der Waals surface area (Å²) >= 11 is 3.52. The van der Waals surface area contributed by atoms with Crippen LogP contribution in [0.15, 0.2) is 361 Å². The minimum atomic E-state index is 0.603. The fourth-order valence-electron chi connectivity index (χ4n) is 14.9. The third-order valence-electron chi connectivity index (χ3n) is 20.3. The zero-order valence-corrected chi connectivity index (χ0v) is 61.2. The van der Waals surface area contributed by atoms with Crippen LogP contribution in [0.3, 0.4) is 0 Å². The lowest BCUT2D eigenvalue weighted by Crippen LogP contribution is -2.00. The Kier molecular flexibility index (Phi) is 16.3. The molecule has 0 amide bonds. The van der Waals surface area contributed by atoms with Gasteiger partial charge in [-0.05, 0) is 107 Å². The molecule has 0 N–H and O–H groups in total. The fourth-order valence-corrected chi connectivity index (χ4v) is 17.1. The van der Waals surface area contributed by atoms with Crippen LogP contribution in [0.1, 0.15) is 0 Å². The van der Waals surface area contributed by atoms with Crippen molar-refractivity contribution in [2.45, 2.75) is 0 Å². The summed E-state index contributed by atoms with van der Waals surface area (Å²) in [5.41, 5.74) is 19.9. The van der Waals surface area contributed by atoms with Crippen molar-refractivity contribution in [2.24, 2.45) is 0 Å². The Balaban J connectivity index is 0.000000141. The lowest BCUT2D eigenvalue weighted by Gasteiger charge is -2.10. The number of thiophene rings is 2. The van der Waals surface area contributed by atoms with Crippen LogP contribution >= 0.6 is 22.7 Å².